The topological polar surface area (TPSA) is 81.8 Å². The average molecular weight is 323 g/mol. The van der Waals surface area contributed by atoms with Crippen LogP contribution in [0.4, 0.5) is 0 Å². The molecule has 0 aliphatic rings. The van der Waals surface area contributed by atoms with Gasteiger partial charge in [0.05, 0.1) is 11.9 Å². The third-order valence-electron chi connectivity index (χ3n) is 3.65. The molecule has 3 aromatic rings. The van der Waals surface area contributed by atoms with Crippen molar-refractivity contribution < 1.29 is 4.79 Å². The standard InChI is InChI=1S/C17H17N5O2/c1-21-7-3-4-14(17(21)24)16(23)19-9-12-5-6-18-15(8-12)13-10-20-22(2)11-13/h3-8,10-11H,9H2,1-2H3,(H,19,23). The molecule has 0 atom stereocenters. The largest absolute Gasteiger partial charge is 0.348 e. The van der Waals surface area contributed by atoms with Gasteiger partial charge in [0.25, 0.3) is 11.5 Å². The lowest BCUT2D eigenvalue weighted by atomic mass is 10.1. The number of nitrogens with zero attached hydrogens (tertiary/aromatic N) is 4. The number of carbonyl (C=O) groups excluding carboxylic acids is 1. The van der Waals surface area contributed by atoms with Crippen LogP contribution in [0.15, 0.2) is 53.8 Å². The van der Waals surface area contributed by atoms with Gasteiger partial charge >= 0.3 is 0 Å². The molecule has 3 aromatic heterocycles. The Kier molecular flexibility index (Phi) is 4.24. The lowest BCUT2D eigenvalue weighted by Crippen LogP contribution is -2.31. The maximum absolute atomic E-state index is 12.2. The van der Waals surface area contributed by atoms with E-state index in [0.717, 1.165) is 16.8 Å². The van der Waals surface area contributed by atoms with Crippen molar-refractivity contribution in [2.75, 3.05) is 0 Å². The van der Waals surface area contributed by atoms with Gasteiger partial charge in [0, 0.05) is 44.8 Å². The zero-order valence-electron chi connectivity index (χ0n) is 13.4. The first-order valence-corrected chi connectivity index (χ1v) is 7.42. The lowest BCUT2D eigenvalue weighted by Gasteiger charge is -2.07. The van der Waals surface area contributed by atoms with Gasteiger partial charge in [-0.15, -0.1) is 0 Å². The van der Waals surface area contributed by atoms with Gasteiger partial charge in [0.1, 0.15) is 5.56 Å². The monoisotopic (exact) mass is 323 g/mol. The van der Waals surface area contributed by atoms with E-state index < -0.39 is 5.91 Å². The smallest absolute Gasteiger partial charge is 0.263 e. The Balaban J connectivity index is 1.74. The quantitative estimate of drug-likeness (QED) is 0.780. The van der Waals surface area contributed by atoms with E-state index in [4.69, 9.17) is 0 Å². The van der Waals surface area contributed by atoms with Gasteiger partial charge in [-0.2, -0.15) is 5.10 Å². The molecule has 0 radical (unpaired) electrons. The molecule has 24 heavy (non-hydrogen) atoms. The van der Waals surface area contributed by atoms with Crippen molar-refractivity contribution >= 4 is 5.91 Å². The van der Waals surface area contributed by atoms with E-state index in [2.05, 4.69) is 15.4 Å². The number of hydrogen-bond acceptors (Lipinski definition) is 4. The number of rotatable bonds is 4. The van der Waals surface area contributed by atoms with Crippen LogP contribution in [0.1, 0.15) is 15.9 Å². The molecule has 0 unspecified atom stereocenters. The highest BCUT2D eigenvalue weighted by molar-refractivity contribution is 5.93. The second kappa shape index (κ2) is 6.49. The van der Waals surface area contributed by atoms with Crippen LogP contribution in [-0.4, -0.2) is 25.2 Å². The molecule has 122 valence electrons. The Hall–Kier alpha value is -3.22. The van der Waals surface area contributed by atoms with E-state index in [-0.39, 0.29) is 11.1 Å². The highest BCUT2D eigenvalue weighted by Crippen LogP contribution is 2.16. The molecule has 0 bridgehead atoms. The molecular formula is C17H17N5O2. The van der Waals surface area contributed by atoms with Gasteiger partial charge in [0.15, 0.2) is 0 Å². The SMILES string of the molecule is Cn1cc(-c2cc(CNC(=O)c3cccn(C)c3=O)ccn2)cn1. The van der Waals surface area contributed by atoms with Crippen LogP contribution in [0, 0.1) is 0 Å². The first-order valence-electron chi connectivity index (χ1n) is 7.42. The Morgan fingerprint density at radius 3 is 2.88 bits per heavy atom. The molecule has 3 rings (SSSR count). The van der Waals surface area contributed by atoms with Crippen molar-refractivity contribution in [1.82, 2.24) is 24.6 Å². The van der Waals surface area contributed by atoms with Gasteiger partial charge in [-0.25, -0.2) is 0 Å². The number of pyridine rings is 2. The molecule has 7 heteroatoms. The third kappa shape index (κ3) is 3.24. The molecule has 0 aliphatic carbocycles. The molecule has 0 saturated carbocycles. The summed E-state index contributed by atoms with van der Waals surface area (Å²) in [5.41, 5.74) is 2.39. The summed E-state index contributed by atoms with van der Waals surface area (Å²) in [6.07, 6.45) is 6.91. The Labute approximate surface area is 138 Å². The van der Waals surface area contributed by atoms with Crippen LogP contribution in [0.5, 0.6) is 0 Å². The highest BCUT2D eigenvalue weighted by atomic mass is 16.2. The minimum Gasteiger partial charge on any atom is -0.348 e. The predicted molar refractivity (Wildman–Crippen MR) is 89.3 cm³/mol. The first-order chi connectivity index (χ1) is 11.5. The normalized spacial score (nSPS) is 10.6. The van der Waals surface area contributed by atoms with Crippen molar-refractivity contribution in [3.63, 3.8) is 0 Å². The fourth-order valence-corrected chi connectivity index (χ4v) is 2.34. The number of amides is 1. The second-order valence-corrected chi connectivity index (χ2v) is 5.47. The molecule has 3 heterocycles. The third-order valence-corrected chi connectivity index (χ3v) is 3.65. The van der Waals surface area contributed by atoms with E-state index in [1.165, 1.54) is 10.6 Å². The number of carbonyl (C=O) groups is 1. The zero-order valence-corrected chi connectivity index (χ0v) is 13.4. The second-order valence-electron chi connectivity index (χ2n) is 5.47. The minimum absolute atomic E-state index is 0.126. The van der Waals surface area contributed by atoms with E-state index in [0.29, 0.717) is 6.54 Å². The van der Waals surface area contributed by atoms with Crippen molar-refractivity contribution in [2.45, 2.75) is 6.54 Å². The van der Waals surface area contributed by atoms with Crippen molar-refractivity contribution in [2.24, 2.45) is 14.1 Å². The Morgan fingerprint density at radius 1 is 1.29 bits per heavy atom. The summed E-state index contributed by atoms with van der Waals surface area (Å²) in [7, 11) is 3.45. The Bertz CT molecular complexity index is 942. The van der Waals surface area contributed by atoms with Gasteiger partial charge < -0.3 is 9.88 Å². The summed E-state index contributed by atoms with van der Waals surface area (Å²) >= 11 is 0. The van der Waals surface area contributed by atoms with Gasteiger partial charge in [-0.05, 0) is 29.8 Å². The summed E-state index contributed by atoms with van der Waals surface area (Å²) < 4.78 is 3.08. The zero-order chi connectivity index (χ0) is 17.1. The van der Waals surface area contributed by atoms with Crippen LogP contribution >= 0.6 is 0 Å². The van der Waals surface area contributed by atoms with E-state index in [9.17, 15) is 9.59 Å². The number of hydrogen-bond donors (Lipinski definition) is 1. The van der Waals surface area contributed by atoms with Gasteiger partial charge in [-0.1, -0.05) is 0 Å². The van der Waals surface area contributed by atoms with Crippen LogP contribution < -0.4 is 10.9 Å². The average Bonchev–Trinajstić information content (AvgIpc) is 3.02. The number of aryl methyl sites for hydroxylation is 2. The van der Waals surface area contributed by atoms with Crippen LogP contribution in [0.3, 0.4) is 0 Å². The molecule has 0 aromatic carbocycles. The van der Waals surface area contributed by atoms with Crippen LogP contribution in [0.2, 0.25) is 0 Å². The summed E-state index contributed by atoms with van der Waals surface area (Å²) in [5, 5.41) is 6.89. The summed E-state index contributed by atoms with van der Waals surface area (Å²) in [6.45, 7) is 0.312. The van der Waals surface area contributed by atoms with Gasteiger partial charge in [-0.3, -0.25) is 19.3 Å². The maximum Gasteiger partial charge on any atom is 0.263 e. The Morgan fingerprint density at radius 2 is 2.12 bits per heavy atom. The van der Waals surface area contributed by atoms with E-state index >= 15 is 0 Å². The fraction of sp³-hybridized carbons (Fsp3) is 0.176. The highest BCUT2D eigenvalue weighted by Gasteiger charge is 2.11. The lowest BCUT2D eigenvalue weighted by molar-refractivity contribution is 0.0949. The molecular weight excluding hydrogens is 306 g/mol. The van der Waals surface area contributed by atoms with Crippen molar-refractivity contribution in [3.8, 4) is 11.3 Å². The molecule has 0 aliphatic heterocycles. The first kappa shape index (κ1) is 15.7. The van der Waals surface area contributed by atoms with E-state index in [1.807, 2.05) is 25.4 Å². The maximum atomic E-state index is 12.2. The van der Waals surface area contributed by atoms with Crippen molar-refractivity contribution in [1.29, 1.82) is 0 Å². The van der Waals surface area contributed by atoms with Gasteiger partial charge in [0.2, 0.25) is 0 Å². The molecule has 0 fully saturated rings. The van der Waals surface area contributed by atoms with Crippen LogP contribution in [-0.2, 0) is 20.6 Å². The van der Waals surface area contributed by atoms with Crippen LogP contribution in [0.25, 0.3) is 11.3 Å². The number of aromatic nitrogens is 4. The minimum atomic E-state index is -0.393. The molecule has 0 spiro atoms. The fourth-order valence-electron chi connectivity index (χ4n) is 2.34. The van der Waals surface area contributed by atoms with Crippen molar-refractivity contribution in [3.05, 3.63) is 70.5 Å². The van der Waals surface area contributed by atoms with E-state index in [1.54, 1.807) is 36.4 Å². The molecule has 1 amide bonds. The number of nitrogens with one attached hydrogen (secondary N) is 1. The summed E-state index contributed by atoms with van der Waals surface area (Å²) in [5.74, 6) is -0.393. The predicted octanol–water partition coefficient (Wildman–Crippen LogP) is 1.11. The molecule has 1 N–H and O–H groups in total. The molecule has 0 saturated heterocycles. The summed E-state index contributed by atoms with van der Waals surface area (Å²) in [6, 6.07) is 6.90. The molecule has 7 nitrogen and oxygen atoms in total. The summed E-state index contributed by atoms with van der Waals surface area (Å²) in [4.78, 5) is 28.5.